The van der Waals surface area contributed by atoms with Gasteiger partial charge < -0.3 is 15.5 Å². The molecule has 2 N–H and O–H groups in total. The van der Waals surface area contributed by atoms with Crippen LogP contribution in [0.25, 0.3) is 0 Å². The lowest BCUT2D eigenvalue weighted by Gasteiger charge is -2.31. The van der Waals surface area contributed by atoms with Gasteiger partial charge in [0, 0.05) is 25.4 Å². The van der Waals surface area contributed by atoms with Crippen LogP contribution in [0, 0.1) is 18.8 Å². The van der Waals surface area contributed by atoms with E-state index < -0.39 is 21.9 Å². The number of fused-ring (bicyclic) bond motifs is 1. The van der Waals surface area contributed by atoms with Gasteiger partial charge in [-0.25, -0.2) is 18.1 Å². The summed E-state index contributed by atoms with van der Waals surface area (Å²) >= 11 is 0. The van der Waals surface area contributed by atoms with Gasteiger partial charge in [0.25, 0.3) is 0 Å². The molecule has 2 aliphatic rings. The highest BCUT2D eigenvalue weighted by Crippen LogP contribution is 2.23. The lowest BCUT2D eigenvalue weighted by Crippen LogP contribution is -2.51. The molecule has 12 heteroatoms. The maximum atomic E-state index is 13.6. The second-order valence-corrected chi connectivity index (χ2v) is 13.6. The Morgan fingerprint density at radius 2 is 1.78 bits per heavy atom. The highest BCUT2D eigenvalue weighted by atomic mass is 32.2. The van der Waals surface area contributed by atoms with Crippen LogP contribution in [0.3, 0.4) is 0 Å². The number of hydrogen-bond donors (Lipinski definition) is 2. The highest BCUT2D eigenvalue weighted by Gasteiger charge is 2.33. The molecule has 0 radical (unpaired) electrons. The second-order valence-electron chi connectivity index (χ2n) is 11.3. The molecule has 2 aromatic rings. The van der Waals surface area contributed by atoms with Crippen LogP contribution in [0.4, 0.5) is 0 Å². The van der Waals surface area contributed by atoms with Crippen molar-refractivity contribution < 1.29 is 22.8 Å². The Morgan fingerprint density at radius 3 is 2.46 bits per heavy atom. The average Bonchev–Trinajstić information content (AvgIpc) is 3.32. The number of benzene rings is 1. The molecule has 1 aromatic heterocycles. The standard InChI is InChI=1S/C29H42N6O5S/c1-4-20(2)26-28(37)31-24(19-22-9-6-5-7-10-22)27-30-21(3)33-35(27)16-15-34(14-8-11-25(36)32-26)29(38)23-12-17-41(39,40)18-13-23/h5-7,9-10,20,23-24,26H,4,8,11-19H2,1-3H3,(H,31,37)(H,32,36)/t20-,24-,26-/m0/s1. The molecule has 3 heterocycles. The van der Waals surface area contributed by atoms with Crippen molar-refractivity contribution in [3.63, 3.8) is 0 Å². The van der Waals surface area contributed by atoms with Gasteiger partial charge in [-0.3, -0.25) is 14.4 Å². The van der Waals surface area contributed by atoms with Crippen molar-refractivity contribution >= 4 is 27.6 Å². The summed E-state index contributed by atoms with van der Waals surface area (Å²) in [5.41, 5.74) is 1.01. The molecule has 3 amide bonds. The van der Waals surface area contributed by atoms with Gasteiger partial charge in [-0.15, -0.1) is 0 Å². The lowest BCUT2D eigenvalue weighted by atomic mass is 9.96. The minimum atomic E-state index is -3.10. The molecule has 4 rings (SSSR count). The fourth-order valence-corrected chi connectivity index (χ4v) is 7.02. The van der Waals surface area contributed by atoms with Crippen LogP contribution in [-0.2, 0) is 37.2 Å². The van der Waals surface area contributed by atoms with Gasteiger partial charge in [-0.1, -0.05) is 50.6 Å². The van der Waals surface area contributed by atoms with Crippen molar-refractivity contribution in [3.05, 3.63) is 47.5 Å². The normalized spacial score (nSPS) is 23.5. The first-order valence-electron chi connectivity index (χ1n) is 14.6. The van der Waals surface area contributed by atoms with E-state index in [1.165, 1.54) is 0 Å². The van der Waals surface area contributed by atoms with Crippen LogP contribution in [0.15, 0.2) is 30.3 Å². The summed E-state index contributed by atoms with van der Waals surface area (Å²) in [6.45, 7) is 6.76. The van der Waals surface area contributed by atoms with Crippen molar-refractivity contribution in [3.8, 4) is 0 Å². The number of carbonyl (C=O) groups is 3. The van der Waals surface area contributed by atoms with Gasteiger partial charge in [0.05, 0.1) is 24.1 Å². The third kappa shape index (κ3) is 8.15. The minimum absolute atomic E-state index is 0.0178. The van der Waals surface area contributed by atoms with Gasteiger partial charge in [0.15, 0.2) is 0 Å². The van der Waals surface area contributed by atoms with E-state index in [1.54, 1.807) is 16.5 Å². The quantitative estimate of drug-likeness (QED) is 0.545. The van der Waals surface area contributed by atoms with Crippen LogP contribution in [0.1, 0.15) is 69.2 Å². The first-order valence-corrected chi connectivity index (χ1v) is 16.4. The summed E-state index contributed by atoms with van der Waals surface area (Å²) in [6.07, 6.45) is 2.41. The van der Waals surface area contributed by atoms with Crippen molar-refractivity contribution in [1.29, 1.82) is 0 Å². The molecule has 0 unspecified atom stereocenters. The second kappa shape index (κ2) is 13.6. The van der Waals surface area contributed by atoms with E-state index in [0.717, 1.165) is 5.56 Å². The molecule has 1 saturated heterocycles. The molecule has 3 atom stereocenters. The van der Waals surface area contributed by atoms with Crippen LogP contribution in [0.2, 0.25) is 0 Å². The minimum Gasteiger partial charge on any atom is -0.344 e. The van der Waals surface area contributed by atoms with Crippen molar-refractivity contribution in [1.82, 2.24) is 30.3 Å². The van der Waals surface area contributed by atoms with Gasteiger partial charge in [0.2, 0.25) is 17.7 Å². The summed E-state index contributed by atoms with van der Waals surface area (Å²) in [5, 5.41) is 10.7. The molecule has 1 fully saturated rings. The number of aryl methyl sites for hydroxylation is 1. The van der Waals surface area contributed by atoms with Crippen molar-refractivity contribution in [2.24, 2.45) is 11.8 Å². The third-order valence-electron chi connectivity index (χ3n) is 8.16. The van der Waals surface area contributed by atoms with Gasteiger partial charge >= 0.3 is 0 Å². The molecular weight excluding hydrogens is 544 g/mol. The van der Waals surface area contributed by atoms with E-state index in [2.05, 4.69) is 15.7 Å². The Bertz CT molecular complexity index is 1310. The number of nitrogens with zero attached hydrogens (tertiary/aromatic N) is 4. The summed E-state index contributed by atoms with van der Waals surface area (Å²) < 4.78 is 25.7. The number of amides is 3. The molecule has 0 spiro atoms. The first-order chi connectivity index (χ1) is 19.6. The summed E-state index contributed by atoms with van der Waals surface area (Å²) in [7, 11) is -3.10. The fraction of sp³-hybridized carbons (Fsp3) is 0.621. The van der Waals surface area contributed by atoms with E-state index >= 15 is 0 Å². The fourth-order valence-electron chi connectivity index (χ4n) is 5.53. The maximum Gasteiger partial charge on any atom is 0.243 e. The number of nitrogens with one attached hydrogen (secondary N) is 2. The topological polar surface area (TPSA) is 143 Å². The van der Waals surface area contributed by atoms with Crippen molar-refractivity contribution in [2.45, 2.75) is 77.9 Å². The molecule has 1 aromatic carbocycles. The molecule has 0 saturated carbocycles. The zero-order valence-electron chi connectivity index (χ0n) is 24.2. The predicted molar refractivity (Wildman–Crippen MR) is 154 cm³/mol. The van der Waals surface area contributed by atoms with Crippen molar-refractivity contribution in [2.75, 3.05) is 24.6 Å². The number of rotatable bonds is 5. The van der Waals surface area contributed by atoms with E-state index in [4.69, 9.17) is 4.98 Å². The first kappa shape index (κ1) is 30.7. The largest absolute Gasteiger partial charge is 0.344 e. The van der Waals surface area contributed by atoms with Crippen LogP contribution < -0.4 is 10.6 Å². The number of aromatic nitrogens is 3. The van der Waals surface area contributed by atoms with E-state index in [9.17, 15) is 22.8 Å². The molecule has 11 nitrogen and oxygen atoms in total. The zero-order valence-corrected chi connectivity index (χ0v) is 25.0. The van der Waals surface area contributed by atoms with E-state index in [-0.39, 0.29) is 47.5 Å². The smallest absolute Gasteiger partial charge is 0.243 e. The zero-order chi connectivity index (χ0) is 29.6. The lowest BCUT2D eigenvalue weighted by molar-refractivity contribution is -0.136. The average molecular weight is 587 g/mol. The molecule has 0 aliphatic carbocycles. The van der Waals surface area contributed by atoms with Gasteiger partial charge in [0.1, 0.15) is 27.5 Å². The summed E-state index contributed by atoms with van der Waals surface area (Å²) in [4.78, 5) is 46.6. The van der Waals surface area contributed by atoms with Crippen LogP contribution in [0.5, 0.6) is 0 Å². The Hall–Kier alpha value is -3.28. The van der Waals surface area contributed by atoms with Crippen LogP contribution >= 0.6 is 0 Å². The summed E-state index contributed by atoms with van der Waals surface area (Å²) in [6, 6.07) is 8.58. The highest BCUT2D eigenvalue weighted by molar-refractivity contribution is 7.91. The molecular formula is C29H42N6O5S. The number of sulfone groups is 1. The molecule has 2 aliphatic heterocycles. The maximum absolute atomic E-state index is 13.6. The Morgan fingerprint density at radius 1 is 1.07 bits per heavy atom. The number of hydrogen-bond acceptors (Lipinski definition) is 7. The predicted octanol–water partition coefficient (Wildman–Crippen LogP) is 1.96. The molecule has 0 bridgehead atoms. The third-order valence-corrected chi connectivity index (χ3v) is 9.87. The number of carbonyl (C=O) groups excluding carboxylic acids is 3. The van der Waals surface area contributed by atoms with Gasteiger partial charge in [-0.2, -0.15) is 5.10 Å². The van der Waals surface area contributed by atoms with Crippen LogP contribution in [-0.4, -0.2) is 76.4 Å². The Kier molecular flexibility index (Phi) is 10.2. The van der Waals surface area contributed by atoms with Gasteiger partial charge in [-0.05, 0) is 44.1 Å². The molecule has 224 valence electrons. The summed E-state index contributed by atoms with van der Waals surface area (Å²) in [5.74, 6) is 0.138. The van der Waals surface area contributed by atoms with E-state index in [1.807, 2.05) is 44.2 Å². The SMILES string of the molecule is CC[C@H](C)[C@@H]1NC(=O)CCCN(C(=O)C2CCS(=O)(=O)CC2)CCn2nc(C)nc2[C@H](Cc2ccccc2)NC1=O. The Balaban J connectivity index is 1.65. The molecule has 41 heavy (non-hydrogen) atoms. The van der Waals surface area contributed by atoms with E-state index in [0.29, 0.717) is 63.4 Å². The monoisotopic (exact) mass is 586 g/mol. The Labute approximate surface area is 242 Å².